The topological polar surface area (TPSA) is 38.9 Å². The maximum atomic E-state index is 5.77. The van der Waals surface area contributed by atoms with Crippen LogP contribution in [0.3, 0.4) is 0 Å². The molecule has 0 radical (unpaired) electrons. The first-order chi connectivity index (χ1) is 6.80. The zero-order chi connectivity index (χ0) is 11.6. The van der Waals surface area contributed by atoms with E-state index in [2.05, 4.69) is 39.6 Å². The molecular formula is C12H22N2S. The van der Waals surface area contributed by atoms with Crippen LogP contribution >= 0.6 is 11.3 Å². The number of hydrogen-bond donors (Lipinski definition) is 1. The molecule has 0 aliphatic carbocycles. The van der Waals surface area contributed by atoms with E-state index in [1.807, 2.05) is 11.3 Å². The maximum absolute atomic E-state index is 5.77. The Balaban J connectivity index is 2.78. The van der Waals surface area contributed by atoms with Gasteiger partial charge >= 0.3 is 0 Å². The molecule has 0 fully saturated rings. The van der Waals surface area contributed by atoms with E-state index in [4.69, 9.17) is 5.73 Å². The number of aromatic nitrogens is 1. The van der Waals surface area contributed by atoms with Gasteiger partial charge in [-0.25, -0.2) is 4.98 Å². The number of hydrogen-bond acceptors (Lipinski definition) is 3. The largest absolute Gasteiger partial charge is 0.328 e. The molecule has 15 heavy (non-hydrogen) atoms. The molecule has 1 atom stereocenters. The smallest absolute Gasteiger partial charge is 0.0984 e. The van der Waals surface area contributed by atoms with Gasteiger partial charge < -0.3 is 5.73 Å². The normalized spacial score (nSPS) is 14.3. The number of thiazole rings is 1. The van der Waals surface area contributed by atoms with Crippen LogP contribution in [0.5, 0.6) is 0 Å². The summed E-state index contributed by atoms with van der Waals surface area (Å²) in [5.74, 6) is 0. The Hall–Kier alpha value is -0.410. The van der Waals surface area contributed by atoms with Crippen molar-refractivity contribution in [2.24, 2.45) is 5.73 Å². The summed E-state index contributed by atoms with van der Waals surface area (Å²) >= 11 is 1.84. The van der Waals surface area contributed by atoms with Crippen molar-refractivity contribution in [3.8, 4) is 0 Å². The minimum atomic E-state index is 0.169. The van der Waals surface area contributed by atoms with Gasteiger partial charge in [-0.1, -0.05) is 20.8 Å². The standard InChI is InChI=1S/C12H22N2S/c1-8(13)6-7-10-9(2)14-11(15-10)12(3,4)5/h8H,6-7,13H2,1-5H3. The van der Waals surface area contributed by atoms with Crippen LogP contribution in [0.2, 0.25) is 0 Å². The van der Waals surface area contributed by atoms with Crippen LogP contribution in [0.4, 0.5) is 0 Å². The predicted octanol–water partition coefficient (Wildman–Crippen LogP) is 3.03. The lowest BCUT2D eigenvalue weighted by Gasteiger charge is -2.13. The van der Waals surface area contributed by atoms with Crippen LogP contribution in [0.25, 0.3) is 0 Å². The van der Waals surface area contributed by atoms with Crippen LogP contribution in [0.1, 0.15) is 49.7 Å². The Morgan fingerprint density at radius 1 is 1.40 bits per heavy atom. The van der Waals surface area contributed by atoms with Crippen molar-refractivity contribution in [1.29, 1.82) is 0 Å². The first-order valence-corrected chi connectivity index (χ1v) is 6.34. The van der Waals surface area contributed by atoms with Crippen molar-refractivity contribution in [2.45, 2.75) is 58.9 Å². The van der Waals surface area contributed by atoms with Gasteiger partial charge in [0.1, 0.15) is 0 Å². The Bertz CT molecular complexity index is 321. The number of nitrogens with two attached hydrogens (primary N) is 1. The summed E-state index contributed by atoms with van der Waals surface area (Å²) in [5.41, 5.74) is 7.12. The Kier molecular flexibility index (Phi) is 3.90. The van der Waals surface area contributed by atoms with E-state index in [0.717, 1.165) is 12.8 Å². The van der Waals surface area contributed by atoms with Gasteiger partial charge in [0, 0.05) is 16.3 Å². The molecule has 3 heteroatoms. The van der Waals surface area contributed by atoms with Crippen molar-refractivity contribution >= 4 is 11.3 Å². The molecule has 1 aromatic rings. The predicted molar refractivity (Wildman–Crippen MR) is 67.5 cm³/mol. The maximum Gasteiger partial charge on any atom is 0.0984 e. The highest BCUT2D eigenvalue weighted by Crippen LogP contribution is 2.29. The van der Waals surface area contributed by atoms with E-state index in [1.165, 1.54) is 15.6 Å². The average molecular weight is 226 g/mol. The first-order valence-electron chi connectivity index (χ1n) is 5.53. The molecule has 0 aliphatic heterocycles. The lowest BCUT2D eigenvalue weighted by atomic mass is 9.98. The Morgan fingerprint density at radius 3 is 2.40 bits per heavy atom. The molecule has 0 saturated carbocycles. The fraction of sp³-hybridized carbons (Fsp3) is 0.750. The quantitative estimate of drug-likeness (QED) is 0.860. The van der Waals surface area contributed by atoms with E-state index in [9.17, 15) is 0 Å². The van der Waals surface area contributed by atoms with E-state index >= 15 is 0 Å². The minimum Gasteiger partial charge on any atom is -0.328 e. The number of aryl methyl sites for hydroxylation is 2. The van der Waals surface area contributed by atoms with Crippen LogP contribution in [0, 0.1) is 6.92 Å². The number of nitrogens with zero attached hydrogens (tertiary/aromatic N) is 1. The highest BCUT2D eigenvalue weighted by atomic mass is 32.1. The van der Waals surface area contributed by atoms with Crippen LogP contribution in [0.15, 0.2) is 0 Å². The lowest BCUT2D eigenvalue weighted by molar-refractivity contribution is 0.584. The van der Waals surface area contributed by atoms with E-state index in [1.54, 1.807) is 0 Å². The molecule has 0 spiro atoms. The highest BCUT2D eigenvalue weighted by molar-refractivity contribution is 7.11. The minimum absolute atomic E-state index is 0.169. The van der Waals surface area contributed by atoms with Gasteiger partial charge in [0.15, 0.2) is 0 Å². The third-order valence-corrected chi connectivity index (χ3v) is 4.00. The molecule has 1 unspecified atom stereocenters. The molecule has 0 amide bonds. The van der Waals surface area contributed by atoms with Crippen molar-refractivity contribution in [3.05, 3.63) is 15.6 Å². The summed E-state index contributed by atoms with van der Waals surface area (Å²) in [6.45, 7) is 10.8. The first kappa shape index (κ1) is 12.7. The summed E-state index contributed by atoms with van der Waals surface area (Å²) in [6.07, 6.45) is 2.11. The second-order valence-electron chi connectivity index (χ2n) is 5.29. The van der Waals surface area contributed by atoms with Crippen LogP contribution in [-0.4, -0.2) is 11.0 Å². The third-order valence-electron chi connectivity index (χ3n) is 2.36. The molecule has 2 nitrogen and oxygen atoms in total. The molecule has 1 aromatic heterocycles. The Morgan fingerprint density at radius 2 is 2.00 bits per heavy atom. The third kappa shape index (κ3) is 3.58. The van der Waals surface area contributed by atoms with Gasteiger partial charge in [0.25, 0.3) is 0 Å². The molecule has 0 aromatic carbocycles. The molecule has 0 aliphatic rings. The lowest BCUT2D eigenvalue weighted by Crippen LogP contribution is -2.15. The van der Waals surface area contributed by atoms with Gasteiger partial charge in [-0.05, 0) is 26.7 Å². The summed E-state index contributed by atoms with van der Waals surface area (Å²) in [7, 11) is 0. The second-order valence-corrected chi connectivity index (χ2v) is 6.38. The molecule has 0 bridgehead atoms. The van der Waals surface area contributed by atoms with Crippen LogP contribution < -0.4 is 5.73 Å². The van der Waals surface area contributed by atoms with Gasteiger partial charge in [0.2, 0.25) is 0 Å². The fourth-order valence-corrected chi connectivity index (χ4v) is 2.47. The van der Waals surface area contributed by atoms with Crippen molar-refractivity contribution in [2.75, 3.05) is 0 Å². The van der Waals surface area contributed by atoms with Gasteiger partial charge in [-0.2, -0.15) is 0 Å². The van der Waals surface area contributed by atoms with Crippen molar-refractivity contribution < 1.29 is 0 Å². The zero-order valence-electron chi connectivity index (χ0n) is 10.4. The summed E-state index contributed by atoms with van der Waals surface area (Å²) in [6, 6.07) is 0.282. The number of rotatable bonds is 3. The van der Waals surface area contributed by atoms with Gasteiger partial charge in [-0.15, -0.1) is 11.3 Å². The van der Waals surface area contributed by atoms with Crippen molar-refractivity contribution in [3.63, 3.8) is 0 Å². The van der Waals surface area contributed by atoms with Crippen molar-refractivity contribution in [1.82, 2.24) is 4.98 Å². The zero-order valence-corrected chi connectivity index (χ0v) is 11.2. The average Bonchev–Trinajstić information content (AvgIpc) is 2.42. The molecular weight excluding hydrogens is 204 g/mol. The van der Waals surface area contributed by atoms with E-state index < -0.39 is 0 Å². The Labute approximate surface area is 96.9 Å². The fourth-order valence-electron chi connectivity index (χ4n) is 1.34. The van der Waals surface area contributed by atoms with E-state index in [0.29, 0.717) is 0 Å². The molecule has 1 rings (SSSR count). The van der Waals surface area contributed by atoms with Gasteiger partial charge in [0.05, 0.1) is 10.7 Å². The summed E-state index contributed by atoms with van der Waals surface area (Å²) in [4.78, 5) is 6.04. The van der Waals surface area contributed by atoms with Crippen LogP contribution in [-0.2, 0) is 11.8 Å². The van der Waals surface area contributed by atoms with E-state index in [-0.39, 0.29) is 11.5 Å². The monoisotopic (exact) mass is 226 g/mol. The summed E-state index contributed by atoms with van der Waals surface area (Å²) < 4.78 is 0. The molecule has 86 valence electrons. The molecule has 2 N–H and O–H groups in total. The SMILES string of the molecule is Cc1nc(C(C)(C)C)sc1CCC(C)N. The summed E-state index contributed by atoms with van der Waals surface area (Å²) in [5, 5.41) is 1.24. The second kappa shape index (κ2) is 4.62. The molecule has 1 heterocycles. The highest BCUT2D eigenvalue weighted by Gasteiger charge is 2.19. The molecule has 0 saturated heterocycles. The van der Waals surface area contributed by atoms with Gasteiger partial charge in [-0.3, -0.25) is 0 Å².